The minimum absolute atomic E-state index is 0. The maximum atomic E-state index is 5.33. The van der Waals surface area contributed by atoms with Crippen molar-refractivity contribution in [2.45, 2.75) is 13.0 Å². The van der Waals surface area contributed by atoms with Gasteiger partial charge in [-0.3, -0.25) is 4.90 Å². The van der Waals surface area contributed by atoms with Crippen molar-refractivity contribution in [3.05, 3.63) is 35.9 Å². The summed E-state index contributed by atoms with van der Waals surface area (Å²) in [5.74, 6) is 0.933. The molecule has 1 aliphatic rings. The summed E-state index contributed by atoms with van der Waals surface area (Å²) in [4.78, 5) is 2.47. The fourth-order valence-corrected chi connectivity index (χ4v) is 2.31. The fourth-order valence-electron chi connectivity index (χ4n) is 2.31. The van der Waals surface area contributed by atoms with Gasteiger partial charge in [0.25, 0.3) is 0 Å². The van der Waals surface area contributed by atoms with E-state index in [2.05, 4.69) is 35.4 Å². The van der Waals surface area contributed by atoms with Crippen LogP contribution in [0, 0.1) is 0 Å². The third kappa shape index (κ3) is 4.86. The summed E-state index contributed by atoms with van der Waals surface area (Å²) < 4.78 is 5.33. The molecule has 0 unspecified atom stereocenters. The van der Waals surface area contributed by atoms with Crippen molar-refractivity contribution in [1.29, 1.82) is 0 Å². The van der Waals surface area contributed by atoms with Gasteiger partial charge in [0.2, 0.25) is 0 Å². The molecule has 3 nitrogen and oxygen atoms in total. The molecule has 1 fully saturated rings. The smallest absolute Gasteiger partial charge is 0.126 e. The highest BCUT2D eigenvalue weighted by molar-refractivity contribution is 5.85. The molecule has 0 saturated carbocycles. The Bertz CT molecular complexity index is 409. The van der Waals surface area contributed by atoms with Gasteiger partial charge in [0.05, 0.1) is 7.11 Å². The van der Waals surface area contributed by atoms with E-state index in [4.69, 9.17) is 4.74 Å². The molecule has 1 aromatic rings. The fraction of sp³-hybridized carbons (Fsp3) is 0.467. The number of hydrogen-bond acceptors (Lipinski definition) is 3. The van der Waals surface area contributed by atoms with Crippen LogP contribution in [-0.2, 0) is 0 Å². The Morgan fingerprint density at radius 2 is 2.21 bits per heavy atom. The van der Waals surface area contributed by atoms with Crippen LogP contribution in [0.15, 0.2) is 30.3 Å². The number of ether oxygens (including phenoxy) is 1. The minimum atomic E-state index is 0. The molecule has 4 heteroatoms. The number of halogens is 1. The summed E-state index contributed by atoms with van der Waals surface area (Å²) in [6.07, 6.45) is 4.36. The Labute approximate surface area is 122 Å². The monoisotopic (exact) mass is 282 g/mol. The SMILES string of the molecule is COc1ccccc1/C=C/CN1CCN[C@@H](C)C1.Cl. The molecule has 0 spiro atoms. The second-order valence-electron chi connectivity index (χ2n) is 4.76. The molecule has 19 heavy (non-hydrogen) atoms. The standard InChI is InChI=1S/C15H22N2O.ClH/c1-13-12-17(11-9-16-13)10-5-7-14-6-3-4-8-15(14)18-2;/h3-8,13,16H,9-12H2,1-2H3;1H/b7-5+;/t13-;/m0./s1. The summed E-state index contributed by atoms with van der Waals surface area (Å²) in [5.41, 5.74) is 1.14. The van der Waals surface area contributed by atoms with Gasteiger partial charge in [-0.25, -0.2) is 0 Å². The van der Waals surface area contributed by atoms with E-state index >= 15 is 0 Å². The second-order valence-corrected chi connectivity index (χ2v) is 4.76. The predicted octanol–water partition coefficient (Wildman–Crippen LogP) is 2.42. The third-order valence-corrected chi connectivity index (χ3v) is 3.25. The second kappa shape index (κ2) is 8.20. The maximum absolute atomic E-state index is 5.33. The van der Waals surface area contributed by atoms with Crippen molar-refractivity contribution in [2.75, 3.05) is 33.3 Å². The van der Waals surface area contributed by atoms with Gasteiger partial charge >= 0.3 is 0 Å². The van der Waals surface area contributed by atoms with E-state index in [1.54, 1.807) is 7.11 Å². The number of para-hydroxylation sites is 1. The Kier molecular flexibility index (Phi) is 6.92. The van der Waals surface area contributed by atoms with Crippen LogP contribution in [0.1, 0.15) is 12.5 Å². The molecule has 106 valence electrons. The minimum Gasteiger partial charge on any atom is -0.496 e. The van der Waals surface area contributed by atoms with Crippen molar-refractivity contribution < 1.29 is 4.74 Å². The molecular formula is C15H23ClN2O. The molecule has 0 aromatic heterocycles. The lowest BCUT2D eigenvalue weighted by Gasteiger charge is -2.30. The molecule has 1 saturated heterocycles. The number of hydrogen-bond donors (Lipinski definition) is 1. The largest absolute Gasteiger partial charge is 0.496 e. The van der Waals surface area contributed by atoms with Gasteiger partial charge in [-0.15, -0.1) is 12.4 Å². The number of piperazine rings is 1. The first kappa shape index (κ1) is 16.0. The number of nitrogens with one attached hydrogen (secondary N) is 1. The molecule has 0 radical (unpaired) electrons. The van der Waals surface area contributed by atoms with E-state index < -0.39 is 0 Å². The van der Waals surface area contributed by atoms with E-state index in [0.717, 1.165) is 37.5 Å². The molecule has 1 aromatic carbocycles. The number of rotatable bonds is 4. The van der Waals surface area contributed by atoms with E-state index in [1.165, 1.54) is 0 Å². The molecule has 0 amide bonds. The molecule has 0 aliphatic carbocycles. The van der Waals surface area contributed by atoms with E-state index in [9.17, 15) is 0 Å². The van der Waals surface area contributed by atoms with Gasteiger partial charge in [-0.2, -0.15) is 0 Å². The number of benzene rings is 1. The topological polar surface area (TPSA) is 24.5 Å². The van der Waals surface area contributed by atoms with Gasteiger partial charge < -0.3 is 10.1 Å². The first-order chi connectivity index (χ1) is 8.79. The van der Waals surface area contributed by atoms with Crippen LogP contribution in [0.2, 0.25) is 0 Å². The van der Waals surface area contributed by atoms with Gasteiger partial charge in [-0.1, -0.05) is 30.4 Å². The number of nitrogens with zero attached hydrogens (tertiary/aromatic N) is 1. The van der Waals surface area contributed by atoms with E-state index in [1.807, 2.05) is 18.2 Å². The Morgan fingerprint density at radius 3 is 2.95 bits per heavy atom. The lowest BCUT2D eigenvalue weighted by atomic mass is 10.2. The van der Waals surface area contributed by atoms with Crippen molar-refractivity contribution in [3.8, 4) is 5.75 Å². The van der Waals surface area contributed by atoms with E-state index in [0.29, 0.717) is 6.04 Å². The first-order valence-corrected chi connectivity index (χ1v) is 6.55. The van der Waals surface area contributed by atoms with Crippen LogP contribution in [0.3, 0.4) is 0 Å². The Hall–Kier alpha value is -1.03. The van der Waals surface area contributed by atoms with Gasteiger partial charge in [0.15, 0.2) is 0 Å². The molecule has 1 heterocycles. The highest BCUT2D eigenvalue weighted by Gasteiger charge is 2.13. The van der Waals surface area contributed by atoms with Crippen molar-refractivity contribution in [2.24, 2.45) is 0 Å². The van der Waals surface area contributed by atoms with Crippen LogP contribution in [0.25, 0.3) is 6.08 Å². The molecule has 1 N–H and O–H groups in total. The van der Waals surface area contributed by atoms with Gasteiger partial charge in [0, 0.05) is 37.8 Å². The Balaban J connectivity index is 0.00000180. The zero-order valence-electron chi connectivity index (χ0n) is 11.6. The predicted molar refractivity (Wildman–Crippen MR) is 83.2 cm³/mol. The molecule has 0 bridgehead atoms. The zero-order valence-corrected chi connectivity index (χ0v) is 12.5. The van der Waals surface area contributed by atoms with Crippen molar-refractivity contribution >= 4 is 18.5 Å². The van der Waals surface area contributed by atoms with Crippen molar-refractivity contribution in [3.63, 3.8) is 0 Å². The summed E-state index contributed by atoms with van der Waals surface area (Å²) in [5, 5.41) is 3.45. The van der Waals surface area contributed by atoms with Crippen LogP contribution < -0.4 is 10.1 Å². The normalized spacial score (nSPS) is 20.2. The quantitative estimate of drug-likeness (QED) is 0.918. The Morgan fingerprint density at radius 1 is 1.42 bits per heavy atom. The lowest BCUT2D eigenvalue weighted by Crippen LogP contribution is -2.49. The molecular weight excluding hydrogens is 260 g/mol. The van der Waals surface area contributed by atoms with Crippen LogP contribution in [0.5, 0.6) is 5.75 Å². The summed E-state index contributed by atoms with van der Waals surface area (Å²) in [6.45, 7) is 6.57. The first-order valence-electron chi connectivity index (χ1n) is 6.55. The average Bonchev–Trinajstić information content (AvgIpc) is 2.39. The molecule has 1 atom stereocenters. The summed E-state index contributed by atoms with van der Waals surface area (Å²) >= 11 is 0. The van der Waals surface area contributed by atoms with Crippen LogP contribution >= 0.6 is 12.4 Å². The van der Waals surface area contributed by atoms with Crippen molar-refractivity contribution in [1.82, 2.24) is 10.2 Å². The van der Waals surface area contributed by atoms with Crippen LogP contribution in [-0.4, -0.2) is 44.2 Å². The average molecular weight is 283 g/mol. The molecule has 2 rings (SSSR count). The van der Waals surface area contributed by atoms with Crippen LogP contribution in [0.4, 0.5) is 0 Å². The zero-order chi connectivity index (χ0) is 12.8. The lowest BCUT2D eigenvalue weighted by molar-refractivity contribution is 0.227. The highest BCUT2D eigenvalue weighted by Crippen LogP contribution is 2.18. The third-order valence-electron chi connectivity index (χ3n) is 3.25. The number of methoxy groups -OCH3 is 1. The summed E-state index contributed by atoms with van der Waals surface area (Å²) in [6, 6.07) is 8.70. The highest BCUT2D eigenvalue weighted by atomic mass is 35.5. The summed E-state index contributed by atoms with van der Waals surface area (Å²) in [7, 11) is 1.71. The molecule has 1 aliphatic heterocycles. The van der Waals surface area contributed by atoms with Gasteiger partial charge in [0.1, 0.15) is 5.75 Å². The maximum Gasteiger partial charge on any atom is 0.126 e. The van der Waals surface area contributed by atoms with Gasteiger partial charge in [-0.05, 0) is 13.0 Å². The van der Waals surface area contributed by atoms with E-state index in [-0.39, 0.29) is 12.4 Å².